The van der Waals surface area contributed by atoms with Crippen molar-refractivity contribution >= 4 is 33.4 Å². The third kappa shape index (κ3) is 3.55. The molecule has 1 aromatic carbocycles. The fourth-order valence-electron chi connectivity index (χ4n) is 4.88. The van der Waals surface area contributed by atoms with E-state index in [0.717, 1.165) is 41.5 Å². The van der Waals surface area contributed by atoms with E-state index in [-0.39, 0.29) is 30.2 Å². The number of thiophene rings is 1. The monoisotopic (exact) mass is 439 g/mol. The predicted octanol–water partition coefficient (Wildman–Crippen LogP) is 4.71. The number of nitrogens with one attached hydrogen (secondary N) is 1. The average Bonchev–Trinajstić information content (AvgIpc) is 3.36. The van der Waals surface area contributed by atoms with Crippen molar-refractivity contribution in [3.63, 3.8) is 0 Å². The van der Waals surface area contributed by atoms with E-state index in [9.17, 15) is 14.0 Å². The Labute approximate surface area is 184 Å². The Morgan fingerprint density at radius 3 is 2.68 bits per heavy atom. The summed E-state index contributed by atoms with van der Waals surface area (Å²) in [4.78, 5) is 28.9. The van der Waals surface area contributed by atoms with Gasteiger partial charge in [0.05, 0.1) is 16.8 Å². The van der Waals surface area contributed by atoms with Gasteiger partial charge in [-0.2, -0.15) is 0 Å². The van der Waals surface area contributed by atoms with Crippen molar-refractivity contribution in [2.75, 3.05) is 0 Å². The zero-order valence-corrected chi connectivity index (χ0v) is 18.4. The fraction of sp³-hybridized carbons (Fsp3) is 0.417. The molecular formula is C24H26FN3O2S. The van der Waals surface area contributed by atoms with Crippen LogP contribution in [-0.2, 0) is 17.9 Å². The normalized spacial score (nSPS) is 22.0. The molecule has 0 saturated heterocycles. The van der Waals surface area contributed by atoms with Crippen molar-refractivity contribution in [3.05, 3.63) is 58.9 Å². The Hall–Kier alpha value is -2.67. The zero-order chi connectivity index (χ0) is 21.6. The molecule has 1 fully saturated rings. The van der Waals surface area contributed by atoms with Crippen LogP contribution in [0.4, 0.5) is 4.39 Å². The van der Waals surface area contributed by atoms with Gasteiger partial charge in [-0.05, 0) is 55.0 Å². The summed E-state index contributed by atoms with van der Waals surface area (Å²) < 4.78 is 16.4. The maximum atomic E-state index is 13.6. The first kappa shape index (κ1) is 20.2. The molecule has 0 spiro atoms. The second kappa shape index (κ2) is 7.79. The summed E-state index contributed by atoms with van der Waals surface area (Å²) in [6, 6.07) is 10.2. The molecule has 162 valence electrons. The Kier molecular flexibility index (Phi) is 5.08. The molecule has 3 aromatic rings. The van der Waals surface area contributed by atoms with Crippen LogP contribution in [0.15, 0.2) is 41.8 Å². The van der Waals surface area contributed by atoms with Gasteiger partial charge >= 0.3 is 0 Å². The van der Waals surface area contributed by atoms with Crippen molar-refractivity contribution in [1.29, 1.82) is 0 Å². The minimum absolute atomic E-state index is 0.113. The van der Waals surface area contributed by atoms with Gasteiger partial charge in [0.2, 0.25) is 5.91 Å². The second-order valence-electron chi connectivity index (χ2n) is 8.89. The molecule has 1 aliphatic carbocycles. The van der Waals surface area contributed by atoms with Crippen LogP contribution < -0.4 is 5.32 Å². The molecule has 1 atom stereocenters. The summed E-state index contributed by atoms with van der Waals surface area (Å²) in [5, 5.41) is 5.24. The van der Waals surface area contributed by atoms with Crippen molar-refractivity contribution in [3.8, 4) is 0 Å². The maximum absolute atomic E-state index is 13.6. The van der Waals surface area contributed by atoms with Gasteiger partial charge < -0.3 is 14.8 Å². The number of nitrogens with zero attached hydrogens (tertiary/aromatic N) is 2. The highest BCUT2D eigenvalue weighted by Crippen LogP contribution is 2.35. The van der Waals surface area contributed by atoms with E-state index in [1.54, 1.807) is 28.4 Å². The lowest BCUT2D eigenvalue weighted by Gasteiger charge is -2.45. The Morgan fingerprint density at radius 1 is 1.19 bits per heavy atom. The number of hydrogen-bond donors (Lipinski definition) is 1. The molecule has 5 rings (SSSR count). The zero-order valence-electron chi connectivity index (χ0n) is 17.6. The largest absolute Gasteiger partial charge is 0.351 e. The van der Waals surface area contributed by atoms with Crippen LogP contribution in [0.3, 0.4) is 0 Å². The second-order valence-corrected chi connectivity index (χ2v) is 9.83. The molecule has 1 unspecified atom stereocenters. The van der Waals surface area contributed by atoms with Crippen LogP contribution in [-0.4, -0.2) is 32.9 Å². The summed E-state index contributed by atoms with van der Waals surface area (Å²) in [6.07, 6.45) is 5.42. The lowest BCUT2D eigenvalue weighted by atomic mass is 9.91. The molecular weight excluding hydrogens is 413 g/mol. The number of halogens is 1. The summed E-state index contributed by atoms with van der Waals surface area (Å²) >= 11 is 1.59. The van der Waals surface area contributed by atoms with Gasteiger partial charge in [-0.15, -0.1) is 11.3 Å². The maximum Gasteiger partial charge on any atom is 0.271 e. The van der Waals surface area contributed by atoms with E-state index in [1.807, 2.05) is 29.0 Å². The number of carbonyl (C=O) groups is 2. The molecule has 7 heteroatoms. The molecule has 1 N–H and O–H groups in total. The molecule has 0 bridgehead atoms. The van der Waals surface area contributed by atoms with Gasteiger partial charge in [0, 0.05) is 12.6 Å². The summed E-state index contributed by atoms with van der Waals surface area (Å²) in [6.45, 7) is 2.51. The van der Waals surface area contributed by atoms with Gasteiger partial charge in [0.1, 0.15) is 17.1 Å². The molecule has 2 amide bonds. The van der Waals surface area contributed by atoms with Gasteiger partial charge in [-0.3, -0.25) is 9.59 Å². The third-order valence-corrected chi connectivity index (χ3v) is 7.59. The fourth-order valence-corrected chi connectivity index (χ4v) is 5.70. The van der Waals surface area contributed by atoms with Gasteiger partial charge in [-0.1, -0.05) is 31.4 Å². The van der Waals surface area contributed by atoms with E-state index in [2.05, 4.69) is 5.32 Å². The number of benzene rings is 1. The first-order valence-electron chi connectivity index (χ1n) is 10.9. The third-order valence-electron chi connectivity index (χ3n) is 6.73. The number of fused-ring (bicyclic) bond motifs is 3. The van der Waals surface area contributed by atoms with Crippen molar-refractivity contribution in [2.45, 2.75) is 63.7 Å². The van der Waals surface area contributed by atoms with Crippen molar-refractivity contribution in [2.24, 2.45) is 0 Å². The molecule has 5 nitrogen and oxygen atoms in total. The van der Waals surface area contributed by atoms with Gasteiger partial charge in [0.15, 0.2) is 0 Å². The minimum Gasteiger partial charge on any atom is -0.351 e. The van der Waals surface area contributed by atoms with Crippen molar-refractivity contribution < 1.29 is 14.0 Å². The first-order chi connectivity index (χ1) is 15.0. The van der Waals surface area contributed by atoms with E-state index in [4.69, 9.17) is 0 Å². The van der Waals surface area contributed by atoms with Crippen LogP contribution >= 0.6 is 11.3 Å². The molecule has 2 aromatic heterocycles. The van der Waals surface area contributed by atoms with Crippen molar-refractivity contribution in [1.82, 2.24) is 14.8 Å². The predicted molar refractivity (Wildman–Crippen MR) is 120 cm³/mol. The minimum atomic E-state index is -1.04. The van der Waals surface area contributed by atoms with Crippen LogP contribution in [0.5, 0.6) is 0 Å². The SMILES string of the molecule is CC1(C(=O)NC2CCCCC2)Cn2c(cc3sccc32)C(=O)N1Cc1ccc(F)cc1. The van der Waals surface area contributed by atoms with E-state index >= 15 is 0 Å². The van der Waals surface area contributed by atoms with E-state index in [1.165, 1.54) is 18.6 Å². The molecule has 0 radical (unpaired) electrons. The Bertz CT molecular complexity index is 1130. The van der Waals surface area contributed by atoms with Gasteiger partial charge in [-0.25, -0.2) is 4.39 Å². The summed E-state index contributed by atoms with van der Waals surface area (Å²) in [5.74, 6) is -0.599. The highest BCUT2D eigenvalue weighted by Gasteiger charge is 2.48. The number of aromatic nitrogens is 1. The number of rotatable bonds is 4. The standard InChI is InChI=1S/C24H26FN3O2S/c1-24(23(30)26-18-5-3-2-4-6-18)15-27-19-11-12-31-21(19)13-20(27)22(29)28(24)14-16-7-9-17(25)10-8-16/h7-13,18H,2-6,14-15H2,1H3,(H,26,30). The smallest absolute Gasteiger partial charge is 0.271 e. The summed E-state index contributed by atoms with van der Waals surface area (Å²) in [7, 11) is 0. The van der Waals surface area contributed by atoms with Crippen LogP contribution in [0, 0.1) is 5.82 Å². The lowest BCUT2D eigenvalue weighted by molar-refractivity contribution is -0.134. The lowest BCUT2D eigenvalue weighted by Crippen LogP contribution is -2.64. The van der Waals surface area contributed by atoms with E-state index in [0.29, 0.717) is 12.2 Å². The molecule has 1 saturated carbocycles. The quantitative estimate of drug-likeness (QED) is 0.640. The molecule has 1 aliphatic heterocycles. The highest BCUT2D eigenvalue weighted by atomic mass is 32.1. The van der Waals surface area contributed by atoms with Crippen LogP contribution in [0.2, 0.25) is 0 Å². The Balaban J connectivity index is 1.52. The van der Waals surface area contributed by atoms with Gasteiger partial charge in [0.25, 0.3) is 5.91 Å². The number of carbonyl (C=O) groups excluding carboxylic acids is 2. The summed E-state index contributed by atoms with van der Waals surface area (Å²) in [5.41, 5.74) is 1.36. The molecule has 2 aliphatic rings. The Morgan fingerprint density at radius 2 is 1.94 bits per heavy atom. The average molecular weight is 440 g/mol. The molecule has 31 heavy (non-hydrogen) atoms. The first-order valence-corrected chi connectivity index (χ1v) is 11.8. The highest BCUT2D eigenvalue weighted by molar-refractivity contribution is 7.17. The van der Waals surface area contributed by atoms with Crippen LogP contribution in [0.1, 0.15) is 55.1 Å². The number of amides is 2. The van der Waals surface area contributed by atoms with E-state index < -0.39 is 5.54 Å². The molecule has 3 heterocycles. The topological polar surface area (TPSA) is 54.3 Å². The number of hydrogen-bond acceptors (Lipinski definition) is 3. The van der Waals surface area contributed by atoms with Crippen LogP contribution in [0.25, 0.3) is 10.2 Å².